The number of aryl methyl sites for hydroxylation is 1. The fraction of sp³-hybridized carbons (Fsp3) is 0.462. The van der Waals surface area contributed by atoms with Crippen LogP contribution in [0.1, 0.15) is 24.8 Å². The maximum absolute atomic E-state index is 12.1. The molecule has 1 amide bonds. The zero-order valence-corrected chi connectivity index (χ0v) is 10.5. The summed E-state index contributed by atoms with van der Waals surface area (Å²) in [5, 5.41) is 2.64. The molecule has 0 aliphatic heterocycles. The summed E-state index contributed by atoms with van der Waals surface area (Å²) in [5.74, 6) is -0.182. The van der Waals surface area contributed by atoms with Gasteiger partial charge in [-0.05, 0) is 37.1 Å². The predicted molar refractivity (Wildman–Crippen MR) is 67.7 cm³/mol. The van der Waals surface area contributed by atoms with E-state index in [1.165, 1.54) is 0 Å². The van der Waals surface area contributed by atoms with Gasteiger partial charge in [-0.3, -0.25) is 4.79 Å². The second-order valence-corrected chi connectivity index (χ2v) is 4.26. The van der Waals surface area contributed by atoms with Crippen molar-refractivity contribution in [2.45, 2.75) is 31.9 Å². The fourth-order valence-electron chi connectivity index (χ4n) is 1.58. The minimum atomic E-state index is -4.17. The van der Waals surface area contributed by atoms with Crippen molar-refractivity contribution in [2.75, 3.05) is 11.9 Å². The number of amides is 1. The highest BCUT2D eigenvalue weighted by Crippen LogP contribution is 2.23. The van der Waals surface area contributed by atoms with Gasteiger partial charge in [0, 0.05) is 18.5 Å². The van der Waals surface area contributed by atoms with Crippen LogP contribution in [0, 0.1) is 0 Å². The maximum Gasteiger partial charge on any atom is 0.389 e. The molecule has 1 aromatic rings. The molecule has 0 aliphatic carbocycles. The molecule has 0 unspecified atom stereocenters. The van der Waals surface area contributed by atoms with Gasteiger partial charge in [0.05, 0.1) is 0 Å². The summed E-state index contributed by atoms with van der Waals surface area (Å²) in [6, 6.07) is 6.45. The number of carbonyl (C=O) groups excluding carboxylic acids is 1. The minimum absolute atomic E-state index is 0.0873. The average molecular weight is 274 g/mol. The molecule has 0 aromatic heterocycles. The topological polar surface area (TPSA) is 55.1 Å². The molecule has 0 aliphatic rings. The molecule has 0 saturated carbocycles. The molecule has 3 N–H and O–H groups in total. The number of carbonyl (C=O) groups is 1. The van der Waals surface area contributed by atoms with Gasteiger partial charge < -0.3 is 11.1 Å². The van der Waals surface area contributed by atoms with E-state index < -0.39 is 12.6 Å². The first-order valence-electron chi connectivity index (χ1n) is 6.06. The quantitative estimate of drug-likeness (QED) is 0.838. The Morgan fingerprint density at radius 3 is 2.68 bits per heavy atom. The van der Waals surface area contributed by atoms with Gasteiger partial charge in [0.15, 0.2) is 0 Å². The number of rotatable bonds is 6. The SMILES string of the molecule is NCCCC(=O)Nc1cccc(CCC(F)(F)F)c1. The van der Waals surface area contributed by atoms with Crippen LogP contribution in [0.5, 0.6) is 0 Å². The van der Waals surface area contributed by atoms with Crippen LogP contribution in [0.4, 0.5) is 18.9 Å². The normalized spacial score (nSPS) is 11.4. The largest absolute Gasteiger partial charge is 0.389 e. The van der Waals surface area contributed by atoms with Gasteiger partial charge in [0.1, 0.15) is 0 Å². The third kappa shape index (κ3) is 6.81. The molecule has 19 heavy (non-hydrogen) atoms. The van der Waals surface area contributed by atoms with Crippen molar-refractivity contribution in [3.8, 4) is 0 Å². The molecule has 0 radical (unpaired) electrons. The Bertz CT molecular complexity index is 419. The Kier molecular flexibility index (Phi) is 5.82. The van der Waals surface area contributed by atoms with E-state index in [1.807, 2.05) is 0 Å². The second-order valence-electron chi connectivity index (χ2n) is 4.26. The Hall–Kier alpha value is -1.56. The van der Waals surface area contributed by atoms with E-state index in [0.717, 1.165) is 0 Å². The number of alkyl halides is 3. The van der Waals surface area contributed by atoms with Gasteiger partial charge in [-0.25, -0.2) is 0 Å². The van der Waals surface area contributed by atoms with E-state index in [0.29, 0.717) is 30.6 Å². The zero-order valence-electron chi connectivity index (χ0n) is 10.5. The highest BCUT2D eigenvalue weighted by atomic mass is 19.4. The molecule has 1 rings (SSSR count). The first kappa shape index (κ1) is 15.5. The van der Waals surface area contributed by atoms with Crippen LogP contribution in [-0.4, -0.2) is 18.6 Å². The maximum atomic E-state index is 12.1. The van der Waals surface area contributed by atoms with Gasteiger partial charge in [-0.2, -0.15) is 13.2 Å². The van der Waals surface area contributed by atoms with Gasteiger partial charge in [-0.1, -0.05) is 12.1 Å². The number of nitrogens with two attached hydrogens (primary N) is 1. The number of hydrogen-bond donors (Lipinski definition) is 2. The van der Waals surface area contributed by atoms with Crippen LogP contribution in [0.2, 0.25) is 0 Å². The molecule has 0 bridgehead atoms. The monoisotopic (exact) mass is 274 g/mol. The Balaban J connectivity index is 2.54. The lowest BCUT2D eigenvalue weighted by Gasteiger charge is -2.09. The molecule has 0 heterocycles. The van der Waals surface area contributed by atoms with Crippen LogP contribution in [0.25, 0.3) is 0 Å². The number of halogens is 3. The molecule has 3 nitrogen and oxygen atoms in total. The Morgan fingerprint density at radius 1 is 1.32 bits per heavy atom. The molecule has 1 aromatic carbocycles. The standard InChI is InChI=1S/C13H17F3N2O/c14-13(15,16)7-6-10-3-1-4-11(9-10)18-12(19)5-2-8-17/h1,3-4,9H,2,5-8,17H2,(H,18,19). The molecule has 0 spiro atoms. The summed E-state index contributed by atoms with van der Waals surface area (Å²) < 4.78 is 36.3. The van der Waals surface area contributed by atoms with Crippen molar-refractivity contribution in [3.63, 3.8) is 0 Å². The summed E-state index contributed by atoms with van der Waals surface area (Å²) >= 11 is 0. The lowest BCUT2D eigenvalue weighted by atomic mass is 10.1. The van der Waals surface area contributed by atoms with Crippen molar-refractivity contribution >= 4 is 11.6 Å². The predicted octanol–water partition coefficient (Wildman–Crippen LogP) is 2.86. The van der Waals surface area contributed by atoms with Crippen molar-refractivity contribution in [2.24, 2.45) is 5.73 Å². The van der Waals surface area contributed by atoms with E-state index in [4.69, 9.17) is 5.73 Å². The highest BCUT2D eigenvalue weighted by Gasteiger charge is 2.26. The van der Waals surface area contributed by atoms with E-state index >= 15 is 0 Å². The molecule has 6 heteroatoms. The van der Waals surface area contributed by atoms with E-state index in [1.54, 1.807) is 24.3 Å². The summed E-state index contributed by atoms with van der Waals surface area (Å²) in [6.07, 6.45) is -4.23. The molecular weight excluding hydrogens is 257 g/mol. The summed E-state index contributed by atoms with van der Waals surface area (Å²) in [5.41, 5.74) is 6.35. The number of hydrogen-bond acceptors (Lipinski definition) is 2. The van der Waals surface area contributed by atoms with Gasteiger partial charge >= 0.3 is 6.18 Å². The molecule has 0 fully saturated rings. The van der Waals surface area contributed by atoms with E-state index in [-0.39, 0.29) is 12.3 Å². The first-order chi connectivity index (χ1) is 8.90. The van der Waals surface area contributed by atoms with E-state index in [2.05, 4.69) is 5.32 Å². The van der Waals surface area contributed by atoms with Gasteiger partial charge in [-0.15, -0.1) is 0 Å². The average Bonchev–Trinajstić information content (AvgIpc) is 2.33. The Labute approximate surface area is 110 Å². The Morgan fingerprint density at radius 2 is 2.05 bits per heavy atom. The van der Waals surface area contributed by atoms with Crippen molar-refractivity contribution in [1.29, 1.82) is 0 Å². The third-order valence-electron chi connectivity index (χ3n) is 2.52. The van der Waals surface area contributed by atoms with Gasteiger partial charge in [0.25, 0.3) is 0 Å². The van der Waals surface area contributed by atoms with Crippen LogP contribution in [-0.2, 0) is 11.2 Å². The van der Waals surface area contributed by atoms with Crippen LogP contribution in [0.15, 0.2) is 24.3 Å². The molecule has 0 atom stereocenters. The van der Waals surface area contributed by atoms with Crippen molar-refractivity contribution in [1.82, 2.24) is 0 Å². The number of nitrogens with one attached hydrogen (secondary N) is 1. The number of benzene rings is 1. The van der Waals surface area contributed by atoms with Gasteiger partial charge in [0.2, 0.25) is 5.91 Å². The molecular formula is C13H17F3N2O. The lowest BCUT2D eigenvalue weighted by molar-refractivity contribution is -0.134. The van der Waals surface area contributed by atoms with E-state index in [9.17, 15) is 18.0 Å². The third-order valence-corrected chi connectivity index (χ3v) is 2.52. The molecule has 106 valence electrons. The minimum Gasteiger partial charge on any atom is -0.330 e. The van der Waals surface area contributed by atoms with Crippen molar-refractivity contribution in [3.05, 3.63) is 29.8 Å². The first-order valence-corrected chi connectivity index (χ1v) is 6.06. The summed E-state index contributed by atoms with van der Waals surface area (Å²) in [4.78, 5) is 11.5. The smallest absolute Gasteiger partial charge is 0.330 e. The summed E-state index contributed by atoms with van der Waals surface area (Å²) in [6.45, 7) is 0.430. The van der Waals surface area contributed by atoms with Crippen molar-refractivity contribution < 1.29 is 18.0 Å². The highest BCUT2D eigenvalue weighted by molar-refractivity contribution is 5.90. The van der Waals surface area contributed by atoms with Crippen LogP contribution < -0.4 is 11.1 Å². The molecule has 0 saturated heterocycles. The fourth-order valence-corrected chi connectivity index (χ4v) is 1.58. The van der Waals surface area contributed by atoms with Crippen LogP contribution >= 0.6 is 0 Å². The second kappa shape index (κ2) is 7.13. The zero-order chi connectivity index (χ0) is 14.3. The number of anilines is 1. The van der Waals surface area contributed by atoms with Crippen LogP contribution in [0.3, 0.4) is 0 Å². The summed E-state index contributed by atoms with van der Waals surface area (Å²) in [7, 11) is 0. The lowest BCUT2D eigenvalue weighted by Crippen LogP contribution is -2.13.